The molecule has 120 valence electrons. The molecule has 1 atom stereocenters. The predicted octanol–water partition coefficient (Wildman–Crippen LogP) is 4.20. The zero-order valence-electron chi connectivity index (χ0n) is 13.1. The van der Waals surface area contributed by atoms with E-state index in [2.05, 4.69) is 27.5 Å². The molecule has 1 aliphatic carbocycles. The maximum Gasteiger partial charge on any atom is 0.216 e. The van der Waals surface area contributed by atoms with Gasteiger partial charge < -0.3 is 4.74 Å². The van der Waals surface area contributed by atoms with Gasteiger partial charge in [-0.25, -0.2) is 5.10 Å². The summed E-state index contributed by atoms with van der Waals surface area (Å²) in [6.07, 6.45) is 9.66. The normalized spacial score (nSPS) is 17.7. The maximum absolute atomic E-state index is 5.69. The molecular weight excluding hydrogens is 308 g/mol. The van der Waals surface area contributed by atoms with Crippen LogP contribution in [-0.4, -0.2) is 27.7 Å². The molecule has 23 heavy (non-hydrogen) atoms. The first-order chi connectivity index (χ1) is 11.3. The molecule has 3 rings (SSSR count). The van der Waals surface area contributed by atoms with Gasteiger partial charge in [-0.1, -0.05) is 24.3 Å². The fraction of sp³-hybridized carbons (Fsp3) is 0.353. The average molecular weight is 328 g/mol. The Morgan fingerprint density at radius 2 is 2.30 bits per heavy atom. The number of aromatic nitrogens is 3. The second-order valence-electron chi connectivity index (χ2n) is 5.40. The van der Waals surface area contributed by atoms with Crippen LogP contribution in [0.15, 0.2) is 41.5 Å². The number of aromatic amines is 1. The van der Waals surface area contributed by atoms with E-state index >= 15 is 0 Å². The van der Waals surface area contributed by atoms with Crippen molar-refractivity contribution >= 4 is 18.4 Å². The fourth-order valence-electron chi connectivity index (χ4n) is 2.62. The number of para-hydroxylation sites is 1. The molecule has 5 nitrogen and oxygen atoms in total. The van der Waals surface area contributed by atoms with Gasteiger partial charge in [-0.15, -0.1) is 0 Å². The van der Waals surface area contributed by atoms with Gasteiger partial charge in [-0.05, 0) is 56.5 Å². The lowest BCUT2D eigenvalue weighted by Crippen LogP contribution is -2.06. The highest BCUT2D eigenvalue weighted by Crippen LogP contribution is 2.28. The molecule has 1 heterocycles. The van der Waals surface area contributed by atoms with Crippen LogP contribution in [0.25, 0.3) is 11.4 Å². The minimum Gasteiger partial charge on any atom is -0.493 e. The zero-order chi connectivity index (χ0) is 16.1. The van der Waals surface area contributed by atoms with Crippen LogP contribution in [0.1, 0.15) is 26.2 Å². The standard InChI is InChI=1S/C17H20N4OS/c1-2-22-15-11-7-6-10-14(15)16-19-20-17(23)21(16)18-12-13-8-4-3-5-9-13/h3-4,6-7,10-13H,2,5,8-9H2,1H3,(H,20,23)/b18-12-/t13-/m0/s1. The molecule has 0 saturated heterocycles. The molecule has 2 aromatic rings. The van der Waals surface area contributed by atoms with Gasteiger partial charge >= 0.3 is 0 Å². The lowest BCUT2D eigenvalue weighted by atomic mass is 9.96. The van der Waals surface area contributed by atoms with Gasteiger partial charge in [0.15, 0.2) is 5.82 Å². The third-order valence-corrected chi connectivity index (χ3v) is 4.05. The Morgan fingerprint density at radius 1 is 1.43 bits per heavy atom. The second-order valence-corrected chi connectivity index (χ2v) is 5.79. The summed E-state index contributed by atoms with van der Waals surface area (Å²) in [6.45, 7) is 2.56. The molecule has 1 aromatic carbocycles. The summed E-state index contributed by atoms with van der Waals surface area (Å²) >= 11 is 5.32. The highest BCUT2D eigenvalue weighted by atomic mass is 32.1. The molecule has 0 aliphatic heterocycles. The number of H-pyrrole nitrogens is 1. The van der Waals surface area contributed by atoms with Crippen LogP contribution in [-0.2, 0) is 0 Å². The SMILES string of the molecule is CCOc1ccccc1-c1n[nH]c(=S)n1/N=C\[C@H]1CC=CCC1. The smallest absolute Gasteiger partial charge is 0.216 e. The first kappa shape index (κ1) is 15.7. The minimum absolute atomic E-state index is 0.451. The summed E-state index contributed by atoms with van der Waals surface area (Å²) in [5.74, 6) is 1.90. The van der Waals surface area contributed by atoms with Gasteiger partial charge in [0.1, 0.15) is 5.75 Å². The molecule has 0 radical (unpaired) electrons. The van der Waals surface area contributed by atoms with E-state index < -0.39 is 0 Å². The summed E-state index contributed by atoms with van der Waals surface area (Å²) in [6, 6.07) is 7.79. The van der Waals surface area contributed by atoms with Crippen LogP contribution in [0.3, 0.4) is 0 Å². The van der Waals surface area contributed by atoms with E-state index in [9.17, 15) is 0 Å². The van der Waals surface area contributed by atoms with Gasteiger partial charge in [0.05, 0.1) is 12.2 Å². The topological polar surface area (TPSA) is 55.2 Å². The number of nitrogens with one attached hydrogen (secondary N) is 1. The summed E-state index contributed by atoms with van der Waals surface area (Å²) in [7, 11) is 0. The van der Waals surface area contributed by atoms with Gasteiger partial charge in [-0.2, -0.15) is 14.9 Å². The van der Waals surface area contributed by atoms with Crippen molar-refractivity contribution < 1.29 is 4.74 Å². The fourth-order valence-corrected chi connectivity index (χ4v) is 2.80. The van der Waals surface area contributed by atoms with E-state index in [1.165, 1.54) is 0 Å². The third kappa shape index (κ3) is 3.59. The molecule has 1 N–H and O–H groups in total. The summed E-state index contributed by atoms with van der Waals surface area (Å²) < 4.78 is 7.84. The van der Waals surface area contributed by atoms with Crippen LogP contribution in [0.4, 0.5) is 0 Å². The van der Waals surface area contributed by atoms with E-state index in [1.54, 1.807) is 4.68 Å². The molecule has 6 heteroatoms. The molecule has 0 spiro atoms. The Hall–Kier alpha value is -2.21. The van der Waals surface area contributed by atoms with Gasteiger partial charge in [0.2, 0.25) is 4.77 Å². The van der Waals surface area contributed by atoms with E-state index in [0.717, 1.165) is 30.6 Å². The Bertz CT molecular complexity index is 775. The molecule has 1 aliphatic rings. The van der Waals surface area contributed by atoms with Crippen LogP contribution in [0.5, 0.6) is 5.75 Å². The molecule has 0 fully saturated rings. The van der Waals surface area contributed by atoms with E-state index in [4.69, 9.17) is 17.0 Å². The second kappa shape index (κ2) is 7.37. The van der Waals surface area contributed by atoms with Crippen molar-refractivity contribution in [2.24, 2.45) is 11.0 Å². The number of hydrogen-bond donors (Lipinski definition) is 1. The number of allylic oxidation sites excluding steroid dienone is 2. The monoisotopic (exact) mass is 328 g/mol. The Kier molecular flexibility index (Phi) is 5.02. The predicted molar refractivity (Wildman–Crippen MR) is 94.4 cm³/mol. The summed E-state index contributed by atoms with van der Waals surface area (Å²) in [5.41, 5.74) is 0.877. The van der Waals surface area contributed by atoms with Crippen molar-refractivity contribution in [2.75, 3.05) is 6.61 Å². The number of rotatable bonds is 5. The Morgan fingerprint density at radius 3 is 3.09 bits per heavy atom. The molecule has 0 bridgehead atoms. The largest absolute Gasteiger partial charge is 0.493 e. The first-order valence-corrected chi connectivity index (χ1v) is 8.29. The van der Waals surface area contributed by atoms with Crippen LogP contribution < -0.4 is 4.74 Å². The van der Waals surface area contributed by atoms with E-state index in [1.807, 2.05) is 37.4 Å². The molecular formula is C17H20N4OS. The quantitative estimate of drug-likeness (QED) is 0.508. The Balaban J connectivity index is 1.94. The molecule has 0 unspecified atom stereocenters. The number of ether oxygens (including phenoxy) is 1. The van der Waals surface area contributed by atoms with Gasteiger partial charge in [0, 0.05) is 6.21 Å². The third-order valence-electron chi connectivity index (χ3n) is 3.78. The number of hydrogen-bond acceptors (Lipinski definition) is 4. The number of benzene rings is 1. The van der Waals surface area contributed by atoms with Crippen molar-refractivity contribution in [1.29, 1.82) is 0 Å². The van der Waals surface area contributed by atoms with Crippen LogP contribution in [0, 0.1) is 10.7 Å². The molecule has 1 aromatic heterocycles. The maximum atomic E-state index is 5.69. The van der Waals surface area contributed by atoms with Crippen molar-refractivity contribution in [3.8, 4) is 17.1 Å². The van der Waals surface area contributed by atoms with E-state index in [0.29, 0.717) is 23.1 Å². The van der Waals surface area contributed by atoms with Gasteiger partial charge in [0.25, 0.3) is 0 Å². The van der Waals surface area contributed by atoms with Crippen molar-refractivity contribution in [3.05, 3.63) is 41.2 Å². The van der Waals surface area contributed by atoms with Crippen molar-refractivity contribution in [2.45, 2.75) is 26.2 Å². The number of nitrogens with zero attached hydrogens (tertiary/aromatic N) is 3. The zero-order valence-corrected chi connectivity index (χ0v) is 13.9. The minimum atomic E-state index is 0.451. The Labute approximate surface area is 140 Å². The molecule has 0 amide bonds. The van der Waals surface area contributed by atoms with Crippen molar-refractivity contribution in [1.82, 2.24) is 14.9 Å². The highest BCUT2D eigenvalue weighted by molar-refractivity contribution is 7.71. The summed E-state index contributed by atoms with van der Waals surface area (Å²) in [5, 5.41) is 11.7. The highest BCUT2D eigenvalue weighted by Gasteiger charge is 2.14. The molecule has 0 saturated carbocycles. The van der Waals surface area contributed by atoms with Crippen LogP contribution >= 0.6 is 12.2 Å². The average Bonchev–Trinajstić information content (AvgIpc) is 2.95. The van der Waals surface area contributed by atoms with Crippen molar-refractivity contribution in [3.63, 3.8) is 0 Å². The van der Waals surface area contributed by atoms with Gasteiger partial charge in [-0.3, -0.25) is 0 Å². The lowest BCUT2D eigenvalue weighted by Gasteiger charge is -2.12. The first-order valence-electron chi connectivity index (χ1n) is 7.88. The lowest BCUT2D eigenvalue weighted by molar-refractivity contribution is 0.341. The van der Waals surface area contributed by atoms with E-state index in [-0.39, 0.29) is 0 Å². The van der Waals surface area contributed by atoms with Crippen LogP contribution in [0.2, 0.25) is 0 Å². The summed E-state index contributed by atoms with van der Waals surface area (Å²) in [4.78, 5) is 0.